The second kappa shape index (κ2) is 5.88. The Hall–Kier alpha value is -1.27. The molecule has 1 rings (SSSR count). The molecule has 0 radical (unpaired) electrons. The van der Waals surface area contributed by atoms with Crippen LogP contribution in [0.3, 0.4) is 0 Å². The van der Waals surface area contributed by atoms with Gasteiger partial charge in [-0.25, -0.2) is 8.42 Å². The van der Waals surface area contributed by atoms with Gasteiger partial charge in [0.15, 0.2) is 9.84 Å². The molecular weight excluding hydrogens is 232 g/mol. The first-order valence-electron chi connectivity index (χ1n) is 5.79. The smallest absolute Gasteiger partial charge is 0.177 e. The molecule has 0 aromatic heterocycles. The number of hydrogen-bond donors (Lipinski definition) is 0. The average molecular weight is 250 g/mol. The zero-order valence-corrected chi connectivity index (χ0v) is 11.2. The van der Waals surface area contributed by atoms with Crippen LogP contribution in [0.15, 0.2) is 23.1 Å². The van der Waals surface area contributed by atoms with E-state index in [0.29, 0.717) is 10.5 Å². The van der Waals surface area contributed by atoms with Crippen molar-refractivity contribution < 1.29 is 8.42 Å². The van der Waals surface area contributed by atoms with Crippen LogP contribution >= 0.6 is 0 Å². The molecule has 0 aliphatic carbocycles. The monoisotopic (exact) mass is 250 g/mol. The third-order valence-corrected chi connectivity index (χ3v) is 3.90. The molecule has 1 aromatic carbocycles. The molecule has 0 spiro atoms. The van der Waals surface area contributed by atoms with Gasteiger partial charge in [0.05, 0.1) is 4.90 Å². The fraction of sp³-hybridized carbons (Fsp3) is 0.429. The highest BCUT2D eigenvalue weighted by Gasteiger charge is 2.16. The molecule has 92 valence electrons. The van der Waals surface area contributed by atoms with Crippen LogP contribution in [0.25, 0.3) is 0 Å². The number of aryl methyl sites for hydroxylation is 1. The molecular formula is C14H18O2S. The van der Waals surface area contributed by atoms with Gasteiger partial charge in [0.2, 0.25) is 0 Å². The summed E-state index contributed by atoms with van der Waals surface area (Å²) in [4.78, 5) is 0.332. The van der Waals surface area contributed by atoms with Crippen molar-refractivity contribution >= 4 is 9.84 Å². The summed E-state index contributed by atoms with van der Waals surface area (Å²) in [7, 11) is -3.26. The zero-order valence-electron chi connectivity index (χ0n) is 10.4. The first-order valence-corrected chi connectivity index (χ1v) is 7.68. The van der Waals surface area contributed by atoms with Gasteiger partial charge in [-0.05, 0) is 24.5 Å². The zero-order chi connectivity index (χ0) is 12.9. The van der Waals surface area contributed by atoms with E-state index in [9.17, 15) is 8.42 Å². The Morgan fingerprint density at radius 1 is 1.29 bits per heavy atom. The summed E-state index contributed by atoms with van der Waals surface area (Å²) in [5.74, 6) is 2.45. The highest BCUT2D eigenvalue weighted by molar-refractivity contribution is 7.90. The Morgan fingerprint density at radius 3 is 2.53 bits per heavy atom. The topological polar surface area (TPSA) is 34.1 Å². The lowest BCUT2D eigenvalue weighted by Crippen LogP contribution is -2.05. The van der Waals surface area contributed by atoms with Crippen LogP contribution in [0.1, 0.15) is 37.3 Å². The van der Waals surface area contributed by atoms with Gasteiger partial charge >= 0.3 is 0 Å². The van der Waals surface area contributed by atoms with Crippen LogP contribution in [-0.4, -0.2) is 14.7 Å². The molecule has 17 heavy (non-hydrogen) atoms. The van der Waals surface area contributed by atoms with Crippen molar-refractivity contribution in [3.05, 3.63) is 29.3 Å². The third kappa shape index (κ3) is 3.61. The average Bonchev–Trinajstić information content (AvgIpc) is 2.27. The largest absolute Gasteiger partial charge is 0.224 e. The second-order valence-corrected chi connectivity index (χ2v) is 6.12. The summed E-state index contributed by atoms with van der Waals surface area (Å²) in [6, 6.07) is 5.36. The highest BCUT2D eigenvalue weighted by atomic mass is 32.2. The molecule has 0 aliphatic rings. The molecule has 0 atom stereocenters. The summed E-state index contributed by atoms with van der Waals surface area (Å²) >= 11 is 0. The van der Waals surface area contributed by atoms with Gasteiger partial charge in [-0.1, -0.05) is 37.8 Å². The minimum absolute atomic E-state index is 0.332. The Kier molecular flexibility index (Phi) is 4.77. The maximum absolute atomic E-state index is 11.8. The fourth-order valence-corrected chi connectivity index (χ4v) is 3.07. The van der Waals surface area contributed by atoms with Crippen LogP contribution in [0.4, 0.5) is 0 Å². The van der Waals surface area contributed by atoms with Crippen molar-refractivity contribution in [1.82, 2.24) is 0 Å². The molecule has 0 amide bonds. The van der Waals surface area contributed by atoms with E-state index >= 15 is 0 Å². The second-order valence-electron chi connectivity index (χ2n) is 4.17. The molecule has 0 unspecified atom stereocenters. The van der Waals surface area contributed by atoms with E-state index in [4.69, 9.17) is 6.42 Å². The Labute approximate surface area is 104 Å². The van der Waals surface area contributed by atoms with Crippen molar-refractivity contribution in [3.8, 4) is 12.3 Å². The lowest BCUT2D eigenvalue weighted by Gasteiger charge is -2.09. The SMILES string of the molecule is C#Cc1cccc(CCCCC)c1S(C)(=O)=O. The summed E-state index contributed by atoms with van der Waals surface area (Å²) in [6.45, 7) is 2.12. The molecule has 0 N–H and O–H groups in total. The van der Waals surface area contributed by atoms with Crippen molar-refractivity contribution in [2.75, 3.05) is 6.26 Å². The van der Waals surface area contributed by atoms with E-state index in [1.54, 1.807) is 6.07 Å². The maximum Gasteiger partial charge on any atom is 0.177 e. The van der Waals surface area contributed by atoms with Gasteiger partial charge in [0, 0.05) is 11.8 Å². The van der Waals surface area contributed by atoms with Crippen molar-refractivity contribution in [1.29, 1.82) is 0 Å². The van der Waals surface area contributed by atoms with Gasteiger partial charge in [0.25, 0.3) is 0 Å². The van der Waals surface area contributed by atoms with E-state index in [0.717, 1.165) is 31.2 Å². The Morgan fingerprint density at radius 2 is 2.00 bits per heavy atom. The summed E-state index contributed by atoms with van der Waals surface area (Å²) in [5.41, 5.74) is 1.32. The van der Waals surface area contributed by atoms with Crippen LogP contribution in [0, 0.1) is 12.3 Å². The molecule has 2 nitrogen and oxygen atoms in total. The molecule has 1 aromatic rings. The number of rotatable bonds is 5. The van der Waals surface area contributed by atoms with Gasteiger partial charge in [-0.3, -0.25) is 0 Å². The van der Waals surface area contributed by atoms with Crippen molar-refractivity contribution in [3.63, 3.8) is 0 Å². The van der Waals surface area contributed by atoms with E-state index in [-0.39, 0.29) is 0 Å². The van der Waals surface area contributed by atoms with Gasteiger partial charge in [-0.15, -0.1) is 6.42 Å². The van der Waals surface area contributed by atoms with Crippen LogP contribution in [-0.2, 0) is 16.3 Å². The maximum atomic E-state index is 11.8. The molecule has 0 heterocycles. The molecule has 0 aliphatic heterocycles. The van der Waals surface area contributed by atoms with Crippen molar-refractivity contribution in [2.45, 2.75) is 37.5 Å². The normalized spacial score (nSPS) is 11.1. The minimum Gasteiger partial charge on any atom is -0.224 e. The predicted molar refractivity (Wildman–Crippen MR) is 70.7 cm³/mol. The number of unbranched alkanes of at least 4 members (excludes halogenated alkanes) is 2. The molecule has 0 saturated heterocycles. The standard InChI is InChI=1S/C14H18O2S/c1-4-6-7-9-13-11-8-10-12(5-2)14(13)17(3,15)16/h2,8,10-11H,4,6-7,9H2,1,3H3. The Balaban J connectivity index is 3.18. The highest BCUT2D eigenvalue weighted by Crippen LogP contribution is 2.22. The fourth-order valence-electron chi connectivity index (χ4n) is 1.90. The van der Waals surface area contributed by atoms with Gasteiger partial charge < -0.3 is 0 Å². The first kappa shape index (κ1) is 13.8. The third-order valence-electron chi connectivity index (χ3n) is 2.67. The van der Waals surface area contributed by atoms with Crippen molar-refractivity contribution in [2.24, 2.45) is 0 Å². The van der Waals surface area contributed by atoms with Crippen LogP contribution < -0.4 is 0 Å². The van der Waals surface area contributed by atoms with E-state index < -0.39 is 9.84 Å². The van der Waals surface area contributed by atoms with Gasteiger partial charge in [-0.2, -0.15) is 0 Å². The lowest BCUT2D eigenvalue weighted by molar-refractivity contribution is 0.599. The Bertz CT molecular complexity index is 522. The number of hydrogen-bond acceptors (Lipinski definition) is 2. The van der Waals surface area contributed by atoms with E-state index in [1.165, 1.54) is 6.26 Å². The number of sulfone groups is 1. The van der Waals surface area contributed by atoms with E-state index in [1.807, 2.05) is 12.1 Å². The summed E-state index contributed by atoms with van der Waals surface area (Å²) < 4.78 is 23.5. The number of terminal acetylenes is 1. The summed E-state index contributed by atoms with van der Waals surface area (Å²) in [5, 5.41) is 0. The lowest BCUT2D eigenvalue weighted by atomic mass is 10.0. The van der Waals surface area contributed by atoms with Crippen LogP contribution in [0.5, 0.6) is 0 Å². The number of benzene rings is 1. The van der Waals surface area contributed by atoms with Gasteiger partial charge in [0.1, 0.15) is 0 Å². The van der Waals surface area contributed by atoms with E-state index in [2.05, 4.69) is 12.8 Å². The molecule has 0 fully saturated rings. The minimum atomic E-state index is -3.26. The first-order chi connectivity index (χ1) is 8.00. The summed E-state index contributed by atoms with van der Waals surface area (Å²) in [6.07, 6.45) is 10.5. The predicted octanol–water partition coefficient (Wildman–Crippen LogP) is 2.80. The van der Waals surface area contributed by atoms with Crippen LogP contribution in [0.2, 0.25) is 0 Å². The molecule has 0 saturated carbocycles. The quantitative estimate of drug-likeness (QED) is 0.595. The molecule has 3 heteroatoms. The molecule has 0 bridgehead atoms.